The molecule has 0 spiro atoms. The van der Waals surface area contributed by atoms with Gasteiger partial charge in [-0.25, -0.2) is 9.97 Å². The van der Waals surface area contributed by atoms with E-state index in [9.17, 15) is 4.79 Å². The molecule has 1 atom stereocenters. The molecular formula is C14H21ClN4O3. The number of ether oxygens (including phenoxy) is 1. The fourth-order valence-corrected chi connectivity index (χ4v) is 2.29. The molecule has 1 saturated heterocycles. The van der Waals surface area contributed by atoms with Crippen LogP contribution in [0.5, 0.6) is 0 Å². The number of hydrogen-bond acceptors (Lipinski definition) is 6. The number of carbonyl (C=O) groups excluding carboxylic acids is 1. The number of hydrogen-bond donors (Lipinski definition) is 1. The minimum Gasteiger partial charge on any atom is -0.391 e. The first-order valence-corrected chi connectivity index (χ1v) is 7.70. The van der Waals surface area contributed by atoms with Crippen LogP contribution in [0, 0.1) is 0 Å². The van der Waals surface area contributed by atoms with Gasteiger partial charge in [-0.15, -0.1) is 0 Å². The molecule has 0 radical (unpaired) electrons. The molecule has 22 heavy (non-hydrogen) atoms. The first kappa shape index (κ1) is 16.9. The van der Waals surface area contributed by atoms with Gasteiger partial charge >= 0.3 is 0 Å². The highest BCUT2D eigenvalue weighted by Crippen LogP contribution is 2.13. The third-order valence-electron chi connectivity index (χ3n) is 3.34. The maximum absolute atomic E-state index is 12.0. The van der Waals surface area contributed by atoms with E-state index in [0.29, 0.717) is 50.2 Å². The van der Waals surface area contributed by atoms with Crippen LogP contribution in [0.1, 0.15) is 13.3 Å². The quantitative estimate of drug-likeness (QED) is 0.769. The molecule has 2 heterocycles. The molecule has 1 aromatic rings. The Bertz CT molecular complexity index is 475. The minimum absolute atomic E-state index is 0.0715. The van der Waals surface area contributed by atoms with Gasteiger partial charge in [0.1, 0.15) is 0 Å². The molecule has 0 saturated carbocycles. The number of carbonyl (C=O) groups is 1. The van der Waals surface area contributed by atoms with Crippen molar-refractivity contribution >= 4 is 23.5 Å². The van der Waals surface area contributed by atoms with E-state index in [1.165, 1.54) is 0 Å². The van der Waals surface area contributed by atoms with Gasteiger partial charge in [-0.1, -0.05) is 11.6 Å². The third kappa shape index (κ3) is 5.08. The Labute approximate surface area is 134 Å². The van der Waals surface area contributed by atoms with Crippen molar-refractivity contribution in [3.8, 4) is 0 Å². The molecule has 0 unspecified atom stereocenters. The van der Waals surface area contributed by atoms with Crippen LogP contribution in [0.4, 0.5) is 5.95 Å². The van der Waals surface area contributed by atoms with Crippen molar-refractivity contribution in [2.24, 2.45) is 0 Å². The first-order valence-electron chi connectivity index (χ1n) is 7.32. The molecule has 1 N–H and O–H groups in total. The van der Waals surface area contributed by atoms with E-state index < -0.39 is 6.10 Å². The summed E-state index contributed by atoms with van der Waals surface area (Å²) in [5.41, 5.74) is 0. The minimum atomic E-state index is -0.502. The second-order valence-corrected chi connectivity index (χ2v) is 5.68. The van der Waals surface area contributed by atoms with Crippen molar-refractivity contribution in [2.75, 3.05) is 44.3 Å². The number of aromatic nitrogens is 2. The molecule has 1 fully saturated rings. The van der Waals surface area contributed by atoms with E-state index in [1.807, 2.05) is 9.80 Å². The maximum atomic E-state index is 12.0. The van der Waals surface area contributed by atoms with Crippen molar-refractivity contribution in [2.45, 2.75) is 19.4 Å². The highest BCUT2D eigenvalue weighted by Gasteiger charge is 2.22. The SMILES string of the molecule is C[C@H](O)COCCC(=O)N1CCN(c2ncc(Cl)cn2)CC1. The number of aliphatic hydroxyl groups excluding tert-OH is 1. The third-order valence-corrected chi connectivity index (χ3v) is 3.54. The number of rotatable bonds is 6. The summed E-state index contributed by atoms with van der Waals surface area (Å²) in [5, 5.41) is 9.58. The monoisotopic (exact) mass is 328 g/mol. The van der Waals surface area contributed by atoms with Gasteiger partial charge in [0.25, 0.3) is 0 Å². The summed E-state index contributed by atoms with van der Waals surface area (Å²) in [6.07, 6.45) is 2.98. The molecule has 122 valence electrons. The van der Waals surface area contributed by atoms with Crippen LogP contribution in [-0.4, -0.2) is 71.4 Å². The van der Waals surface area contributed by atoms with Crippen LogP contribution in [-0.2, 0) is 9.53 Å². The molecule has 8 heteroatoms. The molecule has 7 nitrogen and oxygen atoms in total. The van der Waals surface area contributed by atoms with Gasteiger partial charge in [-0.2, -0.15) is 0 Å². The zero-order valence-corrected chi connectivity index (χ0v) is 13.4. The van der Waals surface area contributed by atoms with Crippen LogP contribution in [0.25, 0.3) is 0 Å². The molecule has 0 aromatic carbocycles. The fraction of sp³-hybridized carbons (Fsp3) is 0.643. The molecular weight excluding hydrogens is 308 g/mol. The van der Waals surface area contributed by atoms with Gasteiger partial charge in [0.15, 0.2) is 0 Å². The van der Waals surface area contributed by atoms with Gasteiger partial charge in [-0.05, 0) is 6.92 Å². The Kier molecular flexibility index (Phi) is 6.35. The highest BCUT2D eigenvalue weighted by molar-refractivity contribution is 6.30. The average Bonchev–Trinajstić information content (AvgIpc) is 2.52. The molecule has 1 aliphatic rings. The smallest absolute Gasteiger partial charge is 0.225 e. The van der Waals surface area contributed by atoms with Crippen molar-refractivity contribution in [1.82, 2.24) is 14.9 Å². The molecule has 1 aliphatic heterocycles. The van der Waals surface area contributed by atoms with Crippen molar-refractivity contribution in [1.29, 1.82) is 0 Å². The summed E-state index contributed by atoms with van der Waals surface area (Å²) in [6.45, 7) is 4.92. The lowest BCUT2D eigenvalue weighted by atomic mass is 10.3. The lowest BCUT2D eigenvalue weighted by Crippen LogP contribution is -2.49. The van der Waals surface area contributed by atoms with Crippen molar-refractivity contribution in [3.63, 3.8) is 0 Å². The summed E-state index contributed by atoms with van der Waals surface area (Å²) in [4.78, 5) is 24.3. The largest absolute Gasteiger partial charge is 0.391 e. The predicted octanol–water partition coefficient (Wildman–Crippen LogP) is 0.566. The molecule has 0 aliphatic carbocycles. The van der Waals surface area contributed by atoms with Crippen LogP contribution >= 0.6 is 11.6 Å². The lowest BCUT2D eigenvalue weighted by molar-refractivity contribution is -0.132. The second kappa shape index (κ2) is 8.26. The summed E-state index contributed by atoms with van der Waals surface area (Å²) < 4.78 is 5.22. The predicted molar refractivity (Wildman–Crippen MR) is 83.0 cm³/mol. The Morgan fingerprint density at radius 2 is 2.00 bits per heavy atom. The van der Waals surface area contributed by atoms with Crippen LogP contribution in [0.2, 0.25) is 5.02 Å². The van der Waals surface area contributed by atoms with Crippen molar-refractivity contribution < 1.29 is 14.6 Å². The average molecular weight is 329 g/mol. The molecule has 1 aromatic heterocycles. The molecule has 0 bridgehead atoms. The summed E-state index contributed by atoms with van der Waals surface area (Å²) in [5.74, 6) is 0.707. The zero-order chi connectivity index (χ0) is 15.9. The first-order chi connectivity index (χ1) is 10.6. The number of amides is 1. The van der Waals surface area contributed by atoms with E-state index >= 15 is 0 Å². The summed E-state index contributed by atoms with van der Waals surface area (Å²) >= 11 is 5.77. The molecule has 2 rings (SSSR count). The van der Waals surface area contributed by atoms with Crippen molar-refractivity contribution in [3.05, 3.63) is 17.4 Å². The topological polar surface area (TPSA) is 78.8 Å². The standard InChI is InChI=1S/C14H21ClN4O3/c1-11(20)10-22-7-2-13(21)18-3-5-19(6-4-18)14-16-8-12(15)9-17-14/h8-9,11,20H,2-7,10H2,1H3/t11-/m0/s1. The van der Waals surface area contributed by atoms with E-state index in [-0.39, 0.29) is 12.5 Å². The van der Waals surface area contributed by atoms with Crippen LogP contribution in [0.15, 0.2) is 12.4 Å². The van der Waals surface area contributed by atoms with Crippen LogP contribution < -0.4 is 4.90 Å². The molecule has 1 amide bonds. The number of anilines is 1. The highest BCUT2D eigenvalue weighted by atomic mass is 35.5. The van der Waals surface area contributed by atoms with Gasteiger partial charge < -0.3 is 19.6 Å². The Morgan fingerprint density at radius 3 is 2.59 bits per heavy atom. The van der Waals surface area contributed by atoms with E-state index in [4.69, 9.17) is 21.4 Å². The van der Waals surface area contributed by atoms with Crippen LogP contribution in [0.3, 0.4) is 0 Å². The fourth-order valence-electron chi connectivity index (χ4n) is 2.20. The van der Waals surface area contributed by atoms with E-state index in [1.54, 1.807) is 19.3 Å². The summed E-state index contributed by atoms with van der Waals surface area (Å²) in [6, 6.07) is 0. The summed E-state index contributed by atoms with van der Waals surface area (Å²) in [7, 11) is 0. The second-order valence-electron chi connectivity index (χ2n) is 5.24. The number of halogens is 1. The van der Waals surface area contributed by atoms with Gasteiger partial charge in [-0.3, -0.25) is 4.79 Å². The van der Waals surface area contributed by atoms with Gasteiger partial charge in [0.2, 0.25) is 11.9 Å². The Balaban J connectivity index is 1.72. The lowest BCUT2D eigenvalue weighted by Gasteiger charge is -2.34. The number of piperazine rings is 1. The number of nitrogens with zero attached hydrogens (tertiary/aromatic N) is 4. The van der Waals surface area contributed by atoms with Gasteiger partial charge in [0.05, 0.1) is 43.2 Å². The van der Waals surface area contributed by atoms with E-state index in [2.05, 4.69) is 9.97 Å². The normalized spacial score (nSPS) is 16.7. The maximum Gasteiger partial charge on any atom is 0.225 e. The Morgan fingerprint density at radius 1 is 1.36 bits per heavy atom. The van der Waals surface area contributed by atoms with Gasteiger partial charge in [0, 0.05) is 26.2 Å². The van der Waals surface area contributed by atoms with E-state index in [0.717, 1.165) is 0 Å². The number of aliphatic hydroxyl groups is 1. The zero-order valence-electron chi connectivity index (χ0n) is 12.6. The Hall–Kier alpha value is -1.44.